The van der Waals surface area contributed by atoms with Crippen molar-refractivity contribution < 1.29 is 9.53 Å². The van der Waals surface area contributed by atoms with Crippen LogP contribution >= 0.6 is 24.0 Å². The molecule has 1 amide bonds. The molecular weight excluding hydrogens is 457 g/mol. The highest BCUT2D eigenvalue weighted by atomic mass is 127. The van der Waals surface area contributed by atoms with Crippen LogP contribution in [0.15, 0.2) is 4.99 Å². The molecule has 2 N–H and O–H groups in total. The van der Waals surface area contributed by atoms with Gasteiger partial charge in [-0.05, 0) is 20.3 Å². The fourth-order valence-electron chi connectivity index (χ4n) is 4.74. The number of guanidine groups is 1. The first-order chi connectivity index (χ1) is 12.3. The molecule has 0 spiro atoms. The molecule has 0 aromatic carbocycles. The number of piperazine rings is 1. The van der Waals surface area contributed by atoms with E-state index in [0.717, 1.165) is 45.2 Å². The summed E-state index contributed by atoms with van der Waals surface area (Å²) in [7, 11) is 1.86. The van der Waals surface area contributed by atoms with Crippen LogP contribution in [0, 0.1) is 11.3 Å². The Morgan fingerprint density at radius 1 is 1.26 bits per heavy atom. The molecule has 0 aromatic heterocycles. The van der Waals surface area contributed by atoms with E-state index in [1.165, 1.54) is 0 Å². The Morgan fingerprint density at radius 2 is 1.93 bits per heavy atom. The van der Waals surface area contributed by atoms with E-state index in [-0.39, 0.29) is 41.3 Å². The molecular formula is C19H36IN5O2. The average Bonchev–Trinajstić information content (AvgIpc) is 3.03. The summed E-state index contributed by atoms with van der Waals surface area (Å²) in [5, 5.41) is 6.68. The second kappa shape index (κ2) is 9.26. The van der Waals surface area contributed by atoms with Gasteiger partial charge in [0.1, 0.15) is 0 Å². The Bertz CT molecular complexity index is 546. The third-order valence-corrected chi connectivity index (χ3v) is 6.09. The molecule has 3 unspecified atom stereocenters. The topological polar surface area (TPSA) is 69.2 Å². The first kappa shape index (κ1) is 22.7. The van der Waals surface area contributed by atoms with E-state index in [9.17, 15) is 4.79 Å². The second-order valence-electron chi connectivity index (χ2n) is 8.72. The fourth-order valence-corrected chi connectivity index (χ4v) is 4.74. The largest absolute Gasteiger partial charge is 0.377 e. The lowest BCUT2D eigenvalue weighted by Crippen LogP contribution is -2.68. The van der Waals surface area contributed by atoms with Gasteiger partial charge in [-0.3, -0.25) is 14.7 Å². The molecule has 8 heteroatoms. The van der Waals surface area contributed by atoms with Crippen LogP contribution in [-0.4, -0.2) is 86.2 Å². The van der Waals surface area contributed by atoms with Crippen LogP contribution in [-0.2, 0) is 9.53 Å². The molecule has 2 aliphatic heterocycles. The van der Waals surface area contributed by atoms with Crippen molar-refractivity contribution in [3.05, 3.63) is 0 Å². The number of carbonyl (C=O) groups excluding carboxylic acids is 1. The van der Waals surface area contributed by atoms with Gasteiger partial charge in [0.05, 0.1) is 12.6 Å². The Labute approximate surface area is 180 Å². The zero-order valence-corrected chi connectivity index (χ0v) is 19.7. The number of nitrogens with zero attached hydrogens (tertiary/aromatic N) is 3. The number of fused-ring (bicyclic) bond motifs is 1. The first-order valence-electron chi connectivity index (χ1n) is 9.94. The van der Waals surface area contributed by atoms with E-state index in [0.29, 0.717) is 24.6 Å². The number of amides is 1. The van der Waals surface area contributed by atoms with Crippen LogP contribution < -0.4 is 10.6 Å². The van der Waals surface area contributed by atoms with Crippen LogP contribution in [0.5, 0.6) is 0 Å². The molecule has 7 nitrogen and oxygen atoms in total. The SMILES string of the molecule is CN=C(NC1C2CCOC2C1(C)C)N1CCN(CC(=O)NC(C)C)CC1.I. The summed E-state index contributed by atoms with van der Waals surface area (Å²) < 4.78 is 5.90. The minimum atomic E-state index is 0. The monoisotopic (exact) mass is 493 g/mol. The van der Waals surface area contributed by atoms with Gasteiger partial charge in [-0.15, -0.1) is 24.0 Å². The predicted octanol–water partition coefficient (Wildman–Crippen LogP) is 1.14. The van der Waals surface area contributed by atoms with E-state index < -0.39 is 0 Å². The average molecular weight is 493 g/mol. The maximum Gasteiger partial charge on any atom is 0.234 e. The molecule has 3 rings (SSSR count). The van der Waals surface area contributed by atoms with E-state index in [4.69, 9.17) is 4.74 Å². The van der Waals surface area contributed by atoms with Crippen molar-refractivity contribution in [2.75, 3.05) is 46.4 Å². The fraction of sp³-hybridized carbons (Fsp3) is 0.895. The normalized spacial score (nSPS) is 30.4. The number of rotatable bonds is 4. The molecule has 3 atom stereocenters. The summed E-state index contributed by atoms with van der Waals surface area (Å²) in [6.07, 6.45) is 1.52. The van der Waals surface area contributed by atoms with Crippen molar-refractivity contribution in [2.45, 2.75) is 52.3 Å². The van der Waals surface area contributed by atoms with Crippen LogP contribution in [0.2, 0.25) is 0 Å². The molecule has 2 saturated heterocycles. The number of halogens is 1. The Kier molecular flexibility index (Phi) is 7.78. The summed E-state index contributed by atoms with van der Waals surface area (Å²) >= 11 is 0. The number of carbonyl (C=O) groups is 1. The van der Waals surface area contributed by atoms with Crippen molar-refractivity contribution in [3.63, 3.8) is 0 Å². The van der Waals surface area contributed by atoms with Crippen LogP contribution in [0.3, 0.4) is 0 Å². The summed E-state index contributed by atoms with van der Waals surface area (Å²) in [6.45, 7) is 13.5. The van der Waals surface area contributed by atoms with Gasteiger partial charge in [-0.1, -0.05) is 13.8 Å². The minimum Gasteiger partial charge on any atom is -0.377 e. The second-order valence-corrected chi connectivity index (χ2v) is 8.72. The molecule has 1 saturated carbocycles. The van der Waals surface area contributed by atoms with E-state index in [1.807, 2.05) is 20.9 Å². The molecule has 156 valence electrons. The summed E-state index contributed by atoms with van der Waals surface area (Å²) in [5.41, 5.74) is 0.147. The zero-order valence-electron chi connectivity index (χ0n) is 17.3. The van der Waals surface area contributed by atoms with Gasteiger partial charge >= 0.3 is 0 Å². The lowest BCUT2D eigenvalue weighted by atomic mass is 9.57. The highest BCUT2D eigenvalue weighted by Gasteiger charge is 2.59. The van der Waals surface area contributed by atoms with Gasteiger partial charge in [-0.25, -0.2) is 0 Å². The van der Waals surface area contributed by atoms with Gasteiger partial charge in [-0.2, -0.15) is 0 Å². The number of aliphatic imine (C=N–C) groups is 1. The predicted molar refractivity (Wildman–Crippen MR) is 119 cm³/mol. The van der Waals surface area contributed by atoms with Crippen molar-refractivity contribution in [3.8, 4) is 0 Å². The zero-order chi connectivity index (χ0) is 18.9. The van der Waals surface area contributed by atoms with Crippen LogP contribution in [0.4, 0.5) is 0 Å². The lowest BCUT2D eigenvalue weighted by Gasteiger charge is -2.55. The minimum absolute atomic E-state index is 0. The van der Waals surface area contributed by atoms with Gasteiger partial charge in [0, 0.05) is 63.3 Å². The highest BCUT2D eigenvalue weighted by Crippen LogP contribution is 2.52. The van der Waals surface area contributed by atoms with Gasteiger partial charge in [0.15, 0.2) is 5.96 Å². The van der Waals surface area contributed by atoms with E-state index in [1.54, 1.807) is 0 Å². The Hall–Kier alpha value is -0.610. The number of hydrogen-bond donors (Lipinski definition) is 2. The number of ether oxygens (including phenoxy) is 1. The third-order valence-electron chi connectivity index (χ3n) is 6.09. The molecule has 3 fully saturated rings. The Morgan fingerprint density at radius 3 is 2.52 bits per heavy atom. The smallest absolute Gasteiger partial charge is 0.234 e. The molecule has 0 radical (unpaired) electrons. The van der Waals surface area contributed by atoms with Crippen LogP contribution in [0.25, 0.3) is 0 Å². The van der Waals surface area contributed by atoms with Crippen molar-refractivity contribution in [2.24, 2.45) is 16.3 Å². The maximum absolute atomic E-state index is 11.9. The molecule has 2 heterocycles. The number of hydrogen-bond acceptors (Lipinski definition) is 4. The molecule has 0 bridgehead atoms. The van der Waals surface area contributed by atoms with Crippen molar-refractivity contribution >= 4 is 35.8 Å². The van der Waals surface area contributed by atoms with Crippen molar-refractivity contribution in [1.29, 1.82) is 0 Å². The van der Waals surface area contributed by atoms with Gasteiger partial charge in [0.25, 0.3) is 0 Å². The summed E-state index contributed by atoms with van der Waals surface area (Å²) in [6, 6.07) is 0.615. The maximum atomic E-state index is 11.9. The molecule has 27 heavy (non-hydrogen) atoms. The highest BCUT2D eigenvalue weighted by molar-refractivity contribution is 14.0. The summed E-state index contributed by atoms with van der Waals surface area (Å²) in [4.78, 5) is 21.0. The number of nitrogens with one attached hydrogen (secondary N) is 2. The van der Waals surface area contributed by atoms with E-state index >= 15 is 0 Å². The van der Waals surface area contributed by atoms with Crippen molar-refractivity contribution in [1.82, 2.24) is 20.4 Å². The quantitative estimate of drug-likeness (QED) is 0.349. The Balaban J connectivity index is 0.00000261. The third kappa shape index (κ3) is 4.87. The lowest BCUT2D eigenvalue weighted by molar-refractivity contribution is -0.123. The summed E-state index contributed by atoms with van der Waals surface area (Å²) in [5.74, 6) is 1.70. The van der Waals surface area contributed by atoms with E-state index in [2.05, 4.69) is 39.3 Å². The molecule has 3 aliphatic rings. The van der Waals surface area contributed by atoms with Gasteiger partial charge < -0.3 is 20.3 Å². The first-order valence-corrected chi connectivity index (χ1v) is 9.94. The van der Waals surface area contributed by atoms with Crippen LogP contribution in [0.1, 0.15) is 34.1 Å². The van der Waals surface area contributed by atoms with Gasteiger partial charge in [0.2, 0.25) is 5.91 Å². The molecule has 0 aromatic rings. The molecule has 1 aliphatic carbocycles. The standard InChI is InChI=1S/C19H35N5O2.HI/c1-13(2)21-15(25)12-23-7-9-24(10-8-23)18(20-5)22-16-14-6-11-26-17(14)19(16,3)4;/h13-14,16-17H,6-12H2,1-5H3,(H,20,22)(H,21,25);1H.